The number of aromatic nitrogens is 6. The van der Waals surface area contributed by atoms with Crippen molar-refractivity contribution >= 4 is 129 Å². The molecule has 0 atom stereocenters. The summed E-state index contributed by atoms with van der Waals surface area (Å²) in [7, 11) is -2.16. The van der Waals surface area contributed by atoms with Crippen molar-refractivity contribution in [3.05, 3.63) is 102 Å². The van der Waals surface area contributed by atoms with Gasteiger partial charge in [0, 0.05) is 23.1 Å². The zero-order valence-corrected chi connectivity index (χ0v) is 30.0. The number of aromatic amines is 1. The summed E-state index contributed by atoms with van der Waals surface area (Å²) in [4.78, 5) is 20.2. The lowest BCUT2D eigenvalue weighted by Crippen LogP contribution is -2.12. The number of hydrogen-bond donors (Lipinski definition) is 1. The third-order valence-corrected chi connectivity index (χ3v) is 10.4. The van der Waals surface area contributed by atoms with Gasteiger partial charge in [-0.1, -0.05) is 36.4 Å². The zero-order valence-electron chi connectivity index (χ0n) is 20.2. The molecule has 0 spiro atoms. The van der Waals surface area contributed by atoms with Gasteiger partial charge in [-0.2, -0.15) is 0 Å². The smallest absolute Gasteiger partial charge is 0.269 e. The van der Waals surface area contributed by atoms with Crippen LogP contribution in [0, 0.1) is 7.14 Å². The van der Waals surface area contributed by atoms with Crippen LogP contribution in [0.4, 0.5) is 0 Å². The summed E-state index contributed by atoms with van der Waals surface area (Å²) < 4.78 is 50.8. The minimum Gasteiger partial charge on any atom is -0.344 e. The summed E-state index contributed by atoms with van der Waals surface area (Å²) >= 11 is 10.8. The number of nitrogens with zero attached hydrogens (tertiary/aromatic N) is 5. The highest BCUT2D eigenvalue weighted by atomic mass is 127. The van der Waals surface area contributed by atoms with E-state index in [1.165, 1.54) is 28.5 Å². The molecule has 0 unspecified atom stereocenters. The highest BCUT2D eigenvalue weighted by Crippen LogP contribution is 2.25. The molecule has 41 heavy (non-hydrogen) atoms. The summed E-state index contributed by atoms with van der Waals surface area (Å²) in [6, 6.07) is 16.1. The summed E-state index contributed by atoms with van der Waals surface area (Å²) in [6.07, 6.45) is 6.57. The SMILES string of the molecule is Brc1cnc2[nH]cc(I)c2n1.O=S(=O)(Cl)c1ccccc1.O=S(=O)(c1ccccc1)n1cc(I)c2nc(Br)cnc21. The Hall–Kier alpha value is -1.71. The maximum absolute atomic E-state index is 12.6. The minimum absolute atomic E-state index is 0.136. The van der Waals surface area contributed by atoms with E-state index >= 15 is 0 Å². The maximum Gasteiger partial charge on any atom is 0.269 e. The molecule has 4 aromatic heterocycles. The van der Waals surface area contributed by atoms with Crippen molar-refractivity contribution in [2.24, 2.45) is 0 Å². The first-order valence-electron chi connectivity index (χ1n) is 11.0. The van der Waals surface area contributed by atoms with Gasteiger partial charge < -0.3 is 4.98 Å². The predicted octanol–water partition coefficient (Wildman–Crippen LogP) is 6.97. The molecule has 6 aromatic rings. The first-order valence-corrected chi connectivity index (χ1v) is 18.5. The number of hydrogen-bond acceptors (Lipinski definition) is 8. The predicted molar refractivity (Wildman–Crippen MR) is 181 cm³/mol. The first kappa shape index (κ1) is 32.2. The van der Waals surface area contributed by atoms with Crippen molar-refractivity contribution in [1.82, 2.24) is 28.9 Å². The molecule has 17 heteroatoms. The van der Waals surface area contributed by atoms with E-state index in [1.54, 1.807) is 54.7 Å². The van der Waals surface area contributed by atoms with E-state index in [1.807, 2.05) is 28.8 Å². The van der Waals surface area contributed by atoms with E-state index in [0.717, 1.165) is 22.9 Å². The first-order chi connectivity index (χ1) is 19.4. The zero-order chi connectivity index (χ0) is 29.8. The standard InChI is InChI=1S/C12H7BrIN3O2S.C6H3BrIN3.C6H5ClO2S/c13-10-6-15-12-11(16-10)9(14)7-17(12)20(18,19)8-4-2-1-3-5-8;7-4-2-10-6-5(11-4)3(8)1-9-6;7-10(8,9)6-4-2-1-3-5-6/h1-7H;1-2H,(H,9,10);1-5H. The Morgan fingerprint density at radius 3 is 1.85 bits per heavy atom. The van der Waals surface area contributed by atoms with Crippen molar-refractivity contribution in [1.29, 1.82) is 0 Å². The van der Waals surface area contributed by atoms with E-state index in [0.29, 0.717) is 15.8 Å². The van der Waals surface area contributed by atoms with Crippen molar-refractivity contribution < 1.29 is 16.8 Å². The van der Waals surface area contributed by atoms with Crippen molar-refractivity contribution in [2.45, 2.75) is 9.79 Å². The van der Waals surface area contributed by atoms with Gasteiger partial charge in [-0.3, -0.25) is 0 Å². The van der Waals surface area contributed by atoms with Gasteiger partial charge in [-0.05, 0) is 101 Å². The van der Waals surface area contributed by atoms with Crippen LogP contribution in [0.25, 0.3) is 22.3 Å². The molecule has 0 amide bonds. The van der Waals surface area contributed by atoms with Crippen LogP contribution >= 0.6 is 87.7 Å². The van der Waals surface area contributed by atoms with Gasteiger partial charge in [0.15, 0.2) is 11.3 Å². The Morgan fingerprint density at radius 2 is 1.29 bits per heavy atom. The molecule has 0 aliphatic heterocycles. The topological polar surface area (TPSA) is 141 Å². The Morgan fingerprint density at radius 1 is 0.756 bits per heavy atom. The number of fused-ring (bicyclic) bond motifs is 2. The molecule has 0 saturated heterocycles. The van der Waals surface area contributed by atoms with Gasteiger partial charge in [-0.15, -0.1) is 0 Å². The van der Waals surface area contributed by atoms with Crippen LogP contribution in [0.5, 0.6) is 0 Å². The Balaban J connectivity index is 0.000000156. The van der Waals surface area contributed by atoms with Gasteiger partial charge in [-0.25, -0.2) is 40.7 Å². The summed E-state index contributed by atoms with van der Waals surface area (Å²) in [5, 5.41) is 0. The van der Waals surface area contributed by atoms with Crippen LogP contribution in [0.15, 0.2) is 104 Å². The third kappa shape index (κ3) is 8.02. The van der Waals surface area contributed by atoms with Crippen LogP contribution in [-0.4, -0.2) is 45.7 Å². The quantitative estimate of drug-likeness (QED) is 0.148. The fourth-order valence-electron chi connectivity index (χ4n) is 3.22. The molecule has 2 aromatic carbocycles. The lowest BCUT2D eigenvalue weighted by atomic mass is 10.4. The normalized spacial score (nSPS) is 11.4. The monoisotopic (exact) mass is 962 g/mol. The van der Waals surface area contributed by atoms with Gasteiger partial charge >= 0.3 is 0 Å². The molecule has 0 saturated carbocycles. The molecule has 6 rings (SSSR count). The van der Waals surface area contributed by atoms with E-state index in [-0.39, 0.29) is 9.79 Å². The van der Waals surface area contributed by atoms with Gasteiger partial charge in [0.25, 0.3) is 19.1 Å². The molecule has 212 valence electrons. The number of halogens is 5. The molecule has 0 bridgehead atoms. The lowest BCUT2D eigenvalue weighted by molar-refractivity contribution is 0.588. The number of rotatable bonds is 3. The van der Waals surface area contributed by atoms with Crippen molar-refractivity contribution in [2.75, 3.05) is 0 Å². The molecule has 1 N–H and O–H groups in total. The molecule has 0 aliphatic rings. The highest BCUT2D eigenvalue weighted by molar-refractivity contribution is 14.1. The summed E-state index contributed by atoms with van der Waals surface area (Å²) in [5.41, 5.74) is 2.62. The average molecular weight is 965 g/mol. The van der Waals surface area contributed by atoms with Crippen molar-refractivity contribution in [3.8, 4) is 0 Å². The van der Waals surface area contributed by atoms with E-state index < -0.39 is 19.1 Å². The van der Waals surface area contributed by atoms with E-state index in [2.05, 4.69) is 79.4 Å². The average Bonchev–Trinajstić information content (AvgIpc) is 3.49. The van der Waals surface area contributed by atoms with Crippen LogP contribution in [0.1, 0.15) is 0 Å². The molecule has 4 heterocycles. The molecular weight excluding hydrogens is 950 g/mol. The molecule has 0 radical (unpaired) electrons. The number of benzene rings is 2. The van der Waals surface area contributed by atoms with Gasteiger partial charge in [0.05, 0.1) is 29.3 Å². The fraction of sp³-hybridized carbons (Fsp3) is 0. The molecular formula is C24H15Br2ClI2N6O4S2. The highest BCUT2D eigenvalue weighted by Gasteiger charge is 2.22. The van der Waals surface area contributed by atoms with Gasteiger partial charge in [0.1, 0.15) is 20.2 Å². The van der Waals surface area contributed by atoms with Crippen LogP contribution < -0.4 is 0 Å². The Labute approximate surface area is 283 Å². The Bertz CT molecular complexity index is 2050. The lowest BCUT2D eigenvalue weighted by Gasteiger charge is -2.06. The second-order valence-electron chi connectivity index (χ2n) is 7.73. The second kappa shape index (κ2) is 13.7. The van der Waals surface area contributed by atoms with Crippen LogP contribution in [0.2, 0.25) is 0 Å². The second-order valence-corrected chi connectivity index (χ2v) is 16.1. The Kier molecular flexibility index (Phi) is 10.8. The molecule has 0 fully saturated rings. The number of H-pyrrole nitrogens is 1. The summed E-state index contributed by atoms with van der Waals surface area (Å²) in [6.45, 7) is 0. The summed E-state index contributed by atoms with van der Waals surface area (Å²) in [5.74, 6) is 0. The minimum atomic E-state index is -3.66. The third-order valence-electron chi connectivity index (χ3n) is 5.02. The van der Waals surface area contributed by atoms with Crippen LogP contribution in [0.3, 0.4) is 0 Å². The molecule has 0 aliphatic carbocycles. The largest absolute Gasteiger partial charge is 0.344 e. The fourth-order valence-corrected chi connectivity index (χ4v) is 7.27. The van der Waals surface area contributed by atoms with Gasteiger partial charge in [0.2, 0.25) is 0 Å². The van der Waals surface area contributed by atoms with Crippen LogP contribution in [-0.2, 0) is 19.1 Å². The molecule has 10 nitrogen and oxygen atoms in total. The number of nitrogens with one attached hydrogen (secondary N) is 1. The van der Waals surface area contributed by atoms with E-state index in [9.17, 15) is 16.8 Å². The maximum atomic E-state index is 12.6. The van der Waals surface area contributed by atoms with E-state index in [4.69, 9.17) is 10.7 Å². The van der Waals surface area contributed by atoms with Crippen molar-refractivity contribution in [3.63, 3.8) is 0 Å².